The quantitative estimate of drug-likeness (QED) is 0.893. The van der Waals surface area contributed by atoms with E-state index >= 15 is 0 Å². The highest BCUT2D eigenvalue weighted by atomic mass is 14.9. The number of nitrogens with two attached hydrogens (primary N) is 1. The van der Waals surface area contributed by atoms with Crippen LogP contribution in [0, 0.1) is 5.92 Å². The van der Waals surface area contributed by atoms with E-state index in [0.717, 1.165) is 24.6 Å². The summed E-state index contributed by atoms with van der Waals surface area (Å²) in [6, 6.07) is 7.26. The van der Waals surface area contributed by atoms with Crippen LogP contribution in [0.25, 0.3) is 5.57 Å². The third-order valence-corrected chi connectivity index (χ3v) is 5.03. The summed E-state index contributed by atoms with van der Waals surface area (Å²) in [6.45, 7) is 0.978. The Kier molecular flexibility index (Phi) is 5.04. The van der Waals surface area contributed by atoms with Crippen molar-refractivity contribution in [3.8, 4) is 0 Å². The maximum absolute atomic E-state index is 5.99. The van der Waals surface area contributed by atoms with Gasteiger partial charge in [-0.05, 0) is 68.6 Å². The van der Waals surface area contributed by atoms with E-state index in [4.69, 9.17) is 5.73 Å². The first-order valence-corrected chi connectivity index (χ1v) is 8.40. The normalized spacial score (nSPS) is 30.0. The third kappa shape index (κ3) is 4.14. The van der Waals surface area contributed by atoms with Crippen LogP contribution in [-0.4, -0.2) is 23.6 Å². The molecule has 1 saturated carbocycles. The highest BCUT2D eigenvalue weighted by Gasteiger charge is 2.21. The lowest BCUT2D eigenvalue weighted by atomic mass is 9.82. The second kappa shape index (κ2) is 7.19. The van der Waals surface area contributed by atoms with Crippen LogP contribution in [0.4, 0.5) is 0 Å². The standard InChI is InChI=1S/C18H27N3/c19-16-7-4-14(5-8-16)6-9-17-13-15(10-12-20-17)18-3-1-2-11-21-18/h1-3,10-11,14,16-17,20H,4-9,12-13,19H2. The van der Waals surface area contributed by atoms with Crippen molar-refractivity contribution in [3.63, 3.8) is 0 Å². The van der Waals surface area contributed by atoms with Crippen LogP contribution in [0.2, 0.25) is 0 Å². The van der Waals surface area contributed by atoms with Crippen molar-refractivity contribution in [2.45, 2.75) is 57.0 Å². The molecule has 3 heteroatoms. The molecule has 3 N–H and O–H groups in total. The van der Waals surface area contributed by atoms with Gasteiger partial charge in [-0.25, -0.2) is 0 Å². The summed E-state index contributed by atoms with van der Waals surface area (Å²) in [4.78, 5) is 4.49. The van der Waals surface area contributed by atoms with Gasteiger partial charge in [0.1, 0.15) is 0 Å². The molecule has 1 unspecified atom stereocenters. The zero-order chi connectivity index (χ0) is 14.5. The predicted molar refractivity (Wildman–Crippen MR) is 87.8 cm³/mol. The molecule has 2 heterocycles. The first kappa shape index (κ1) is 14.7. The van der Waals surface area contributed by atoms with E-state index in [9.17, 15) is 0 Å². The van der Waals surface area contributed by atoms with Crippen LogP contribution in [0.5, 0.6) is 0 Å². The molecule has 1 atom stereocenters. The summed E-state index contributed by atoms with van der Waals surface area (Å²) < 4.78 is 0. The van der Waals surface area contributed by atoms with Gasteiger partial charge in [0.15, 0.2) is 0 Å². The fourth-order valence-electron chi connectivity index (χ4n) is 3.65. The molecule has 114 valence electrons. The highest BCUT2D eigenvalue weighted by molar-refractivity contribution is 5.63. The Bertz CT molecular complexity index is 461. The molecule has 21 heavy (non-hydrogen) atoms. The van der Waals surface area contributed by atoms with E-state index < -0.39 is 0 Å². The Morgan fingerprint density at radius 1 is 1.14 bits per heavy atom. The smallest absolute Gasteiger partial charge is 0.0659 e. The number of hydrogen-bond donors (Lipinski definition) is 2. The van der Waals surface area contributed by atoms with Crippen molar-refractivity contribution in [2.75, 3.05) is 6.54 Å². The Morgan fingerprint density at radius 2 is 2.00 bits per heavy atom. The molecule has 0 spiro atoms. The number of aromatic nitrogens is 1. The summed E-state index contributed by atoms with van der Waals surface area (Å²) in [7, 11) is 0. The SMILES string of the molecule is NC1CCC(CCC2CC(c3ccccn3)=CCN2)CC1. The molecule has 0 aromatic carbocycles. The molecular formula is C18H27N3. The highest BCUT2D eigenvalue weighted by Crippen LogP contribution is 2.29. The Hall–Kier alpha value is -1.19. The first-order valence-electron chi connectivity index (χ1n) is 8.40. The Morgan fingerprint density at radius 3 is 2.76 bits per heavy atom. The van der Waals surface area contributed by atoms with Gasteiger partial charge in [0.2, 0.25) is 0 Å². The molecule has 1 fully saturated rings. The topological polar surface area (TPSA) is 50.9 Å². The monoisotopic (exact) mass is 285 g/mol. The molecule has 1 aromatic rings. The zero-order valence-electron chi connectivity index (χ0n) is 12.8. The third-order valence-electron chi connectivity index (χ3n) is 5.03. The van der Waals surface area contributed by atoms with Crippen molar-refractivity contribution < 1.29 is 0 Å². The van der Waals surface area contributed by atoms with E-state index in [1.54, 1.807) is 0 Å². The van der Waals surface area contributed by atoms with Crippen LogP contribution in [-0.2, 0) is 0 Å². The van der Waals surface area contributed by atoms with E-state index in [0.29, 0.717) is 12.1 Å². The molecule has 0 radical (unpaired) electrons. The number of nitrogens with zero attached hydrogens (tertiary/aromatic N) is 1. The van der Waals surface area contributed by atoms with Crippen molar-refractivity contribution >= 4 is 5.57 Å². The van der Waals surface area contributed by atoms with Crippen molar-refractivity contribution in [1.82, 2.24) is 10.3 Å². The minimum absolute atomic E-state index is 0.466. The lowest BCUT2D eigenvalue weighted by Gasteiger charge is -2.29. The maximum Gasteiger partial charge on any atom is 0.0659 e. The van der Waals surface area contributed by atoms with Gasteiger partial charge in [0, 0.05) is 24.8 Å². The summed E-state index contributed by atoms with van der Waals surface area (Å²) in [5.41, 5.74) is 8.55. The molecule has 1 aromatic heterocycles. The van der Waals surface area contributed by atoms with Crippen LogP contribution >= 0.6 is 0 Å². The second-order valence-corrected chi connectivity index (χ2v) is 6.61. The second-order valence-electron chi connectivity index (χ2n) is 6.61. The minimum atomic E-state index is 0.466. The number of rotatable bonds is 4. The first-order chi connectivity index (χ1) is 10.3. The fraction of sp³-hybridized carbons (Fsp3) is 0.611. The molecular weight excluding hydrogens is 258 g/mol. The van der Waals surface area contributed by atoms with Gasteiger partial charge < -0.3 is 11.1 Å². The zero-order valence-corrected chi connectivity index (χ0v) is 12.8. The van der Waals surface area contributed by atoms with Crippen molar-refractivity contribution in [1.29, 1.82) is 0 Å². The van der Waals surface area contributed by atoms with Crippen LogP contribution < -0.4 is 11.1 Å². The summed E-state index contributed by atoms with van der Waals surface area (Å²) >= 11 is 0. The summed E-state index contributed by atoms with van der Waals surface area (Å²) in [5.74, 6) is 0.899. The predicted octanol–water partition coefficient (Wildman–Crippen LogP) is 3.12. The Labute approximate surface area is 128 Å². The average molecular weight is 285 g/mol. The molecule has 1 aliphatic carbocycles. The van der Waals surface area contributed by atoms with Crippen molar-refractivity contribution in [2.24, 2.45) is 11.7 Å². The van der Waals surface area contributed by atoms with Gasteiger partial charge in [-0.3, -0.25) is 4.98 Å². The lowest BCUT2D eigenvalue weighted by Crippen LogP contribution is -2.34. The number of pyridine rings is 1. The Balaban J connectivity index is 1.48. The van der Waals surface area contributed by atoms with Crippen LogP contribution in [0.1, 0.15) is 50.6 Å². The van der Waals surface area contributed by atoms with Gasteiger partial charge in [-0.15, -0.1) is 0 Å². The molecule has 0 bridgehead atoms. The summed E-state index contributed by atoms with van der Waals surface area (Å²) in [5, 5.41) is 3.64. The van der Waals surface area contributed by atoms with Gasteiger partial charge in [0.25, 0.3) is 0 Å². The van der Waals surface area contributed by atoms with Crippen LogP contribution in [0.3, 0.4) is 0 Å². The van der Waals surface area contributed by atoms with E-state index in [2.05, 4.69) is 28.5 Å². The molecule has 0 amide bonds. The lowest BCUT2D eigenvalue weighted by molar-refractivity contribution is 0.292. The largest absolute Gasteiger partial charge is 0.328 e. The molecule has 2 aliphatic rings. The number of hydrogen-bond acceptors (Lipinski definition) is 3. The average Bonchev–Trinajstić information content (AvgIpc) is 2.55. The van der Waals surface area contributed by atoms with Crippen LogP contribution in [0.15, 0.2) is 30.5 Å². The van der Waals surface area contributed by atoms with Gasteiger partial charge in [-0.2, -0.15) is 0 Å². The van der Waals surface area contributed by atoms with Gasteiger partial charge >= 0.3 is 0 Å². The number of nitrogens with one attached hydrogen (secondary N) is 1. The van der Waals surface area contributed by atoms with Gasteiger partial charge in [-0.1, -0.05) is 12.1 Å². The minimum Gasteiger partial charge on any atom is -0.328 e. The maximum atomic E-state index is 5.99. The van der Waals surface area contributed by atoms with E-state index in [1.807, 2.05) is 12.3 Å². The molecule has 3 rings (SSSR count). The van der Waals surface area contributed by atoms with Crippen molar-refractivity contribution in [3.05, 3.63) is 36.2 Å². The molecule has 3 nitrogen and oxygen atoms in total. The van der Waals surface area contributed by atoms with Gasteiger partial charge in [0.05, 0.1) is 5.69 Å². The van der Waals surface area contributed by atoms with E-state index in [1.165, 1.54) is 44.1 Å². The van der Waals surface area contributed by atoms with E-state index in [-0.39, 0.29) is 0 Å². The molecule has 0 saturated heterocycles. The molecule has 1 aliphatic heterocycles. The fourth-order valence-corrected chi connectivity index (χ4v) is 3.65. The summed E-state index contributed by atoms with van der Waals surface area (Å²) in [6.07, 6.45) is 13.0.